The highest BCUT2D eigenvalue weighted by Gasteiger charge is 2.38. The van der Waals surface area contributed by atoms with Crippen molar-refractivity contribution in [1.82, 2.24) is 9.55 Å². The number of hydrogen-bond acceptors (Lipinski definition) is 6. The van der Waals surface area contributed by atoms with Gasteiger partial charge in [0, 0.05) is 0 Å². The highest BCUT2D eigenvalue weighted by Crippen LogP contribution is 2.32. The molecular formula is C19H18N2O4S2. The van der Waals surface area contributed by atoms with Gasteiger partial charge in [-0.1, -0.05) is 42.1 Å². The lowest BCUT2D eigenvalue weighted by Gasteiger charge is -2.18. The molecular weight excluding hydrogens is 384 g/mol. The number of aryl methyl sites for hydroxylation is 1. The molecule has 3 aromatic rings. The van der Waals surface area contributed by atoms with Gasteiger partial charge < -0.3 is 5.11 Å². The maximum absolute atomic E-state index is 13.2. The Morgan fingerprint density at radius 1 is 1.11 bits per heavy atom. The molecule has 0 unspecified atom stereocenters. The summed E-state index contributed by atoms with van der Waals surface area (Å²) in [5.41, 5.74) is 1.93. The Balaban J connectivity index is 1.92. The van der Waals surface area contributed by atoms with Crippen molar-refractivity contribution in [3.63, 3.8) is 0 Å². The smallest absolute Gasteiger partial charge is 0.266 e. The van der Waals surface area contributed by atoms with Gasteiger partial charge in [0.25, 0.3) is 5.56 Å². The third-order valence-electron chi connectivity index (χ3n) is 4.63. The van der Waals surface area contributed by atoms with Gasteiger partial charge in [-0.05, 0) is 30.7 Å². The van der Waals surface area contributed by atoms with Crippen LogP contribution in [-0.2, 0) is 9.84 Å². The van der Waals surface area contributed by atoms with Gasteiger partial charge in [-0.25, -0.2) is 13.4 Å². The normalized spacial score (nSPS) is 21.6. The maximum Gasteiger partial charge on any atom is 0.266 e. The molecule has 1 aromatic heterocycles. The van der Waals surface area contributed by atoms with Crippen molar-refractivity contribution in [1.29, 1.82) is 0 Å². The summed E-state index contributed by atoms with van der Waals surface area (Å²) >= 11 is 1.14. The van der Waals surface area contributed by atoms with Crippen molar-refractivity contribution in [2.75, 3.05) is 11.5 Å². The van der Waals surface area contributed by atoms with Crippen molar-refractivity contribution in [2.45, 2.75) is 23.4 Å². The minimum atomic E-state index is -3.29. The van der Waals surface area contributed by atoms with Crippen molar-refractivity contribution in [3.8, 4) is 5.69 Å². The number of fused-ring (bicyclic) bond motifs is 1. The Labute approximate surface area is 160 Å². The Morgan fingerprint density at radius 2 is 1.81 bits per heavy atom. The van der Waals surface area contributed by atoms with E-state index in [9.17, 15) is 18.3 Å². The van der Waals surface area contributed by atoms with E-state index in [0.29, 0.717) is 21.7 Å². The van der Waals surface area contributed by atoms with Crippen molar-refractivity contribution < 1.29 is 13.5 Å². The Kier molecular flexibility index (Phi) is 4.57. The first-order valence-electron chi connectivity index (χ1n) is 8.49. The fourth-order valence-electron chi connectivity index (χ4n) is 3.26. The molecule has 2 atom stereocenters. The number of aliphatic hydroxyl groups excluding tert-OH is 1. The minimum Gasteiger partial charge on any atom is -0.391 e. The average Bonchev–Trinajstić information content (AvgIpc) is 2.88. The van der Waals surface area contributed by atoms with E-state index in [1.807, 2.05) is 31.2 Å². The fraction of sp³-hybridized carbons (Fsp3) is 0.263. The second-order valence-electron chi connectivity index (χ2n) is 6.64. The number of rotatable bonds is 3. The van der Waals surface area contributed by atoms with Gasteiger partial charge in [-0.2, -0.15) is 0 Å². The van der Waals surface area contributed by atoms with Crippen LogP contribution in [0.5, 0.6) is 0 Å². The van der Waals surface area contributed by atoms with Crippen LogP contribution in [0.2, 0.25) is 0 Å². The van der Waals surface area contributed by atoms with E-state index < -0.39 is 21.2 Å². The highest BCUT2D eigenvalue weighted by atomic mass is 32.2. The van der Waals surface area contributed by atoms with Crippen LogP contribution in [0.3, 0.4) is 0 Å². The van der Waals surface area contributed by atoms with Crippen molar-refractivity contribution in [3.05, 3.63) is 64.4 Å². The zero-order valence-corrected chi connectivity index (χ0v) is 16.2. The number of nitrogens with zero attached hydrogens (tertiary/aromatic N) is 2. The summed E-state index contributed by atoms with van der Waals surface area (Å²) in [6.07, 6.45) is -0.978. The summed E-state index contributed by atoms with van der Waals surface area (Å²) in [7, 11) is -3.29. The predicted molar refractivity (Wildman–Crippen MR) is 106 cm³/mol. The molecule has 2 aromatic carbocycles. The third kappa shape index (κ3) is 3.40. The molecule has 2 heterocycles. The van der Waals surface area contributed by atoms with Gasteiger partial charge in [-0.3, -0.25) is 9.36 Å². The Bertz CT molecular complexity index is 1190. The number of hydrogen-bond donors (Lipinski definition) is 1. The summed E-state index contributed by atoms with van der Waals surface area (Å²) in [5.74, 6) is -0.387. The molecule has 1 N–H and O–H groups in total. The lowest BCUT2D eigenvalue weighted by Crippen LogP contribution is -2.26. The summed E-state index contributed by atoms with van der Waals surface area (Å²) in [5, 5.41) is 10.5. The Morgan fingerprint density at radius 3 is 2.52 bits per heavy atom. The van der Waals surface area contributed by atoms with Crippen LogP contribution in [0, 0.1) is 6.92 Å². The topological polar surface area (TPSA) is 89.3 Å². The van der Waals surface area contributed by atoms with Gasteiger partial charge in [0.1, 0.15) is 0 Å². The van der Waals surface area contributed by atoms with Crippen LogP contribution in [0.1, 0.15) is 5.56 Å². The first kappa shape index (κ1) is 18.2. The predicted octanol–water partition coefficient (Wildman–Crippen LogP) is 1.94. The first-order chi connectivity index (χ1) is 12.9. The lowest BCUT2D eigenvalue weighted by atomic mass is 10.2. The average molecular weight is 402 g/mol. The summed E-state index contributed by atoms with van der Waals surface area (Å²) in [6, 6.07) is 14.5. The first-order valence-corrected chi connectivity index (χ1v) is 11.2. The van der Waals surface area contributed by atoms with Gasteiger partial charge in [0.15, 0.2) is 15.0 Å². The fourth-order valence-corrected chi connectivity index (χ4v) is 6.85. The summed E-state index contributed by atoms with van der Waals surface area (Å²) < 4.78 is 25.2. The van der Waals surface area contributed by atoms with Crippen LogP contribution < -0.4 is 5.56 Å². The molecule has 0 radical (unpaired) electrons. The van der Waals surface area contributed by atoms with E-state index in [2.05, 4.69) is 4.98 Å². The molecule has 0 saturated carbocycles. The van der Waals surface area contributed by atoms with Gasteiger partial charge in [0.2, 0.25) is 0 Å². The van der Waals surface area contributed by atoms with Crippen LogP contribution in [0.15, 0.2) is 58.5 Å². The number of aromatic nitrogens is 2. The molecule has 0 bridgehead atoms. The summed E-state index contributed by atoms with van der Waals surface area (Å²) in [6.45, 7) is 1.90. The number of sulfone groups is 1. The zero-order valence-electron chi connectivity index (χ0n) is 14.6. The van der Waals surface area contributed by atoms with E-state index in [0.717, 1.165) is 17.3 Å². The highest BCUT2D eigenvalue weighted by molar-refractivity contribution is 8.01. The van der Waals surface area contributed by atoms with Gasteiger partial charge >= 0.3 is 0 Å². The summed E-state index contributed by atoms with van der Waals surface area (Å²) in [4.78, 5) is 17.8. The van der Waals surface area contributed by atoms with Crippen LogP contribution in [-0.4, -0.2) is 45.9 Å². The largest absolute Gasteiger partial charge is 0.391 e. The maximum atomic E-state index is 13.2. The number of benzene rings is 2. The molecule has 1 aliphatic heterocycles. The van der Waals surface area contributed by atoms with E-state index >= 15 is 0 Å². The zero-order chi connectivity index (χ0) is 19.2. The molecule has 1 fully saturated rings. The van der Waals surface area contributed by atoms with Crippen molar-refractivity contribution in [2.24, 2.45) is 0 Å². The SMILES string of the molecule is Cc1ccccc1-n1c(S[C@H]2CS(=O)(=O)C[C@H]2O)nc2ccccc2c1=O. The van der Waals surface area contributed by atoms with E-state index in [4.69, 9.17) is 0 Å². The monoisotopic (exact) mass is 402 g/mol. The lowest BCUT2D eigenvalue weighted by molar-refractivity contribution is 0.207. The van der Waals surface area contributed by atoms with Crippen LogP contribution in [0.4, 0.5) is 0 Å². The molecule has 1 saturated heterocycles. The molecule has 0 spiro atoms. The molecule has 8 heteroatoms. The molecule has 0 amide bonds. The van der Waals surface area contributed by atoms with E-state index in [-0.39, 0.29) is 17.1 Å². The quantitative estimate of drug-likeness (QED) is 0.674. The number of thioether (sulfide) groups is 1. The van der Waals surface area contributed by atoms with Gasteiger partial charge in [-0.15, -0.1) is 0 Å². The van der Waals surface area contributed by atoms with E-state index in [1.165, 1.54) is 4.57 Å². The molecule has 0 aliphatic carbocycles. The van der Waals surface area contributed by atoms with Crippen LogP contribution in [0.25, 0.3) is 16.6 Å². The third-order valence-corrected chi connectivity index (χ3v) is 7.83. The molecule has 27 heavy (non-hydrogen) atoms. The second kappa shape index (κ2) is 6.78. The Hall–Kier alpha value is -2.16. The van der Waals surface area contributed by atoms with Gasteiger partial charge in [0.05, 0.1) is 39.4 Å². The molecule has 1 aliphatic rings. The molecule has 4 rings (SSSR count). The number of aliphatic hydroxyl groups is 1. The van der Waals surface area contributed by atoms with E-state index in [1.54, 1.807) is 24.3 Å². The standard InChI is InChI=1S/C19H18N2O4S2/c1-12-6-2-5-9-15(12)21-18(23)13-7-3-4-8-14(13)20-19(21)26-17-11-27(24,25)10-16(17)22/h2-9,16-17,22H,10-11H2,1H3/t16-,17+/m1/s1. The second-order valence-corrected chi connectivity index (χ2v) is 10.00. The molecule has 6 nitrogen and oxygen atoms in total. The van der Waals surface area contributed by atoms with Crippen molar-refractivity contribution >= 4 is 32.5 Å². The van der Waals surface area contributed by atoms with Crippen LogP contribution >= 0.6 is 11.8 Å². The molecule has 140 valence electrons. The minimum absolute atomic E-state index is 0.130. The number of para-hydroxylation sites is 2.